The first-order valence-electron chi connectivity index (χ1n) is 7.91. The Morgan fingerprint density at radius 1 is 1.30 bits per heavy atom. The van der Waals surface area contributed by atoms with E-state index in [1.807, 2.05) is 6.08 Å². The van der Waals surface area contributed by atoms with Gasteiger partial charge in [0.25, 0.3) is 0 Å². The molecule has 3 rings (SSSR count). The minimum atomic E-state index is -2.22. The summed E-state index contributed by atoms with van der Waals surface area (Å²) < 4.78 is 10.8. The highest BCUT2D eigenvalue weighted by Crippen LogP contribution is 2.36. The number of aliphatic hydroxyl groups is 2. The summed E-state index contributed by atoms with van der Waals surface area (Å²) in [6.07, 6.45) is 2.34. The van der Waals surface area contributed by atoms with Gasteiger partial charge < -0.3 is 19.7 Å². The first-order chi connectivity index (χ1) is 10.7. The van der Waals surface area contributed by atoms with Crippen LogP contribution in [0.3, 0.4) is 0 Å². The van der Waals surface area contributed by atoms with Crippen LogP contribution < -0.4 is 0 Å². The number of carbonyl (C=O) groups excluding carboxylic acids is 2. The number of ether oxygens (including phenoxy) is 2. The highest BCUT2D eigenvalue weighted by molar-refractivity contribution is 5.83. The zero-order valence-corrected chi connectivity index (χ0v) is 13.6. The maximum atomic E-state index is 12.4. The van der Waals surface area contributed by atoms with Gasteiger partial charge in [-0.2, -0.15) is 0 Å². The van der Waals surface area contributed by atoms with E-state index < -0.39 is 29.1 Å². The summed E-state index contributed by atoms with van der Waals surface area (Å²) in [4.78, 5) is 26.9. The molecule has 0 aromatic heterocycles. The van der Waals surface area contributed by atoms with E-state index in [0.29, 0.717) is 6.42 Å². The van der Waals surface area contributed by atoms with Crippen molar-refractivity contribution in [3.8, 4) is 0 Å². The van der Waals surface area contributed by atoms with Gasteiger partial charge in [0.2, 0.25) is 0 Å². The number of hydrogen-bond acceptors (Lipinski definition) is 7. The molecule has 0 aromatic rings. The van der Waals surface area contributed by atoms with Crippen molar-refractivity contribution in [2.45, 2.75) is 50.5 Å². The normalized spacial score (nSPS) is 44.9. The van der Waals surface area contributed by atoms with Crippen molar-refractivity contribution in [3.05, 3.63) is 11.6 Å². The van der Waals surface area contributed by atoms with E-state index in [0.717, 1.165) is 25.6 Å². The standard InChI is InChI=1S/C16H23NO6/c1-9-13(18)23-11-5-7-17-6-4-10(12(11)17)8-22-14(19)16(3,21)15(9,2)20/h4,9,11-12,20-21H,5-8H2,1-3H3/t9-,11+,12+,15+,16-/m1/s1. The Kier molecular flexibility index (Phi) is 3.78. The fraction of sp³-hybridized carbons (Fsp3) is 0.750. The lowest BCUT2D eigenvalue weighted by atomic mass is 9.76. The molecule has 0 saturated carbocycles. The van der Waals surface area contributed by atoms with Crippen LogP contribution in [0.2, 0.25) is 0 Å². The van der Waals surface area contributed by atoms with Crippen LogP contribution in [-0.2, 0) is 19.1 Å². The summed E-state index contributed by atoms with van der Waals surface area (Å²) in [5, 5.41) is 21.1. The molecule has 2 fully saturated rings. The average Bonchev–Trinajstić information content (AvgIpc) is 3.06. The maximum absolute atomic E-state index is 12.4. The highest BCUT2D eigenvalue weighted by Gasteiger charge is 2.56. The second-order valence-corrected chi connectivity index (χ2v) is 7.00. The van der Waals surface area contributed by atoms with Gasteiger partial charge in [-0.05, 0) is 32.8 Å². The molecule has 23 heavy (non-hydrogen) atoms. The van der Waals surface area contributed by atoms with Gasteiger partial charge in [-0.25, -0.2) is 4.79 Å². The lowest BCUT2D eigenvalue weighted by Gasteiger charge is -2.39. The molecule has 0 amide bonds. The fourth-order valence-electron chi connectivity index (χ4n) is 3.52. The van der Waals surface area contributed by atoms with Gasteiger partial charge in [-0.3, -0.25) is 9.69 Å². The monoisotopic (exact) mass is 325 g/mol. The molecule has 128 valence electrons. The predicted octanol–water partition coefficient (Wildman–Crippen LogP) is -0.393. The van der Waals surface area contributed by atoms with Gasteiger partial charge in [0.15, 0.2) is 5.60 Å². The summed E-state index contributed by atoms with van der Waals surface area (Å²) in [6.45, 7) is 5.41. The predicted molar refractivity (Wildman–Crippen MR) is 79.3 cm³/mol. The summed E-state index contributed by atoms with van der Waals surface area (Å²) in [5.74, 6) is -2.65. The highest BCUT2D eigenvalue weighted by atomic mass is 16.6. The minimum Gasteiger partial charge on any atom is -0.460 e. The molecule has 2 saturated heterocycles. The van der Waals surface area contributed by atoms with E-state index in [1.54, 1.807) is 0 Å². The Hall–Kier alpha value is -1.44. The van der Waals surface area contributed by atoms with E-state index in [4.69, 9.17) is 9.47 Å². The van der Waals surface area contributed by atoms with Gasteiger partial charge in [-0.1, -0.05) is 6.08 Å². The van der Waals surface area contributed by atoms with Crippen LogP contribution in [0.15, 0.2) is 11.6 Å². The lowest BCUT2D eigenvalue weighted by Crippen LogP contribution is -2.61. The SMILES string of the molecule is C[C@@H]1C(=O)O[C@H]2CCN3CC=C(COC(=O)[C@@](C)(O)[C@@]1(C)O)[C@@H]23. The van der Waals surface area contributed by atoms with Crippen LogP contribution in [0.5, 0.6) is 0 Å². The summed E-state index contributed by atoms with van der Waals surface area (Å²) in [6, 6.07) is -0.0908. The zero-order valence-electron chi connectivity index (χ0n) is 13.6. The van der Waals surface area contributed by atoms with E-state index in [1.165, 1.54) is 13.8 Å². The topological polar surface area (TPSA) is 96.3 Å². The quantitative estimate of drug-likeness (QED) is 0.462. The maximum Gasteiger partial charge on any atom is 0.341 e. The molecule has 2 N–H and O–H groups in total. The Morgan fingerprint density at radius 3 is 2.70 bits per heavy atom. The first-order valence-corrected chi connectivity index (χ1v) is 7.91. The molecule has 0 radical (unpaired) electrons. The van der Waals surface area contributed by atoms with E-state index >= 15 is 0 Å². The first kappa shape index (κ1) is 16.4. The molecule has 0 spiro atoms. The number of cyclic esters (lactones) is 1. The third-order valence-electron chi connectivity index (χ3n) is 5.63. The van der Waals surface area contributed by atoms with Crippen LogP contribution >= 0.6 is 0 Å². The summed E-state index contributed by atoms with van der Waals surface area (Å²) in [5.41, 5.74) is -3.35. The van der Waals surface area contributed by atoms with Crippen LogP contribution in [0.4, 0.5) is 0 Å². The molecule has 3 aliphatic heterocycles. The Labute approximate surface area is 134 Å². The molecule has 5 atom stereocenters. The second-order valence-electron chi connectivity index (χ2n) is 7.00. The number of rotatable bonds is 0. The van der Waals surface area contributed by atoms with Gasteiger partial charge in [0.1, 0.15) is 18.3 Å². The Morgan fingerprint density at radius 2 is 2.00 bits per heavy atom. The summed E-state index contributed by atoms with van der Waals surface area (Å²) >= 11 is 0. The molecule has 7 nitrogen and oxygen atoms in total. The molecule has 0 unspecified atom stereocenters. The third kappa shape index (κ3) is 2.38. The van der Waals surface area contributed by atoms with Gasteiger partial charge in [-0.15, -0.1) is 0 Å². The number of hydrogen-bond donors (Lipinski definition) is 2. The molecule has 3 heterocycles. The van der Waals surface area contributed by atoms with Crippen molar-refractivity contribution >= 4 is 11.9 Å². The van der Waals surface area contributed by atoms with E-state index in [-0.39, 0.29) is 18.8 Å². The lowest BCUT2D eigenvalue weighted by molar-refractivity contribution is -0.205. The second kappa shape index (κ2) is 5.29. The number of nitrogens with zero attached hydrogens (tertiary/aromatic N) is 1. The van der Waals surface area contributed by atoms with Crippen molar-refractivity contribution in [2.75, 3.05) is 19.7 Å². The zero-order chi connectivity index (χ0) is 17.0. The Balaban J connectivity index is 1.97. The van der Waals surface area contributed by atoms with Gasteiger partial charge in [0.05, 0.1) is 12.0 Å². The number of carbonyl (C=O) groups is 2. The van der Waals surface area contributed by atoms with Gasteiger partial charge >= 0.3 is 11.9 Å². The molecule has 3 aliphatic rings. The van der Waals surface area contributed by atoms with Crippen LogP contribution in [0.1, 0.15) is 27.2 Å². The van der Waals surface area contributed by atoms with Crippen LogP contribution in [0.25, 0.3) is 0 Å². The van der Waals surface area contributed by atoms with Crippen LogP contribution in [0, 0.1) is 5.92 Å². The smallest absolute Gasteiger partial charge is 0.341 e. The van der Waals surface area contributed by atoms with Crippen molar-refractivity contribution in [1.82, 2.24) is 4.90 Å². The molecule has 7 heteroatoms. The third-order valence-corrected chi connectivity index (χ3v) is 5.63. The van der Waals surface area contributed by atoms with Gasteiger partial charge in [0, 0.05) is 13.1 Å². The Bertz CT molecular complexity index is 567. The molecular weight excluding hydrogens is 302 g/mol. The van der Waals surface area contributed by atoms with Crippen molar-refractivity contribution < 1.29 is 29.3 Å². The van der Waals surface area contributed by atoms with Crippen molar-refractivity contribution in [1.29, 1.82) is 0 Å². The van der Waals surface area contributed by atoms with Crippen molar-refractivity contribution in [3.63, 3.8) is 0 Å². The van der Waals surface area contributed by atoms with E-state index in [2.05, 4.69) is 4.90 Å². The molecule has 0 aromatic carbocycles. The van der Waals surface area contributed by atoms with Crippen molar-refractivity contribution in [2.24, 2.45) is 5.92 Å². The molecule has 0 bridgehead atoms. The van der Waals surface area contributed by atoms with E-state index in [9.17, 15) is 19.8 Å². The minimum absolute atomic E-state index is 0.0225. The van der Waals surface area contributed by atoms with Crippen LogP contribution in [-0.4, -0.2) is 70.1 Å². The number of esters is 2. The largest absolute Gasteiger partial charge is 0.460 e. The average molecular weight is 325 g/mol. The fourth-order valence-corrected chi connectivity index (χ4v) is 3.52. The molecular formula is C16H23NO6. The molecule has 0 aliphatic carbocycles. The summed E-state index contributed by atoms with van der Waals surface area (Å²) in [7, 11) is 0.